The van der Waals surface area contributed by atoms with E-state index in [1.165, 1.54) is 4.90 Å². The molecule has 0 fully saturated rings. The fourth-order valence-corrected chi connectivity index (χ4v) is 1.28. The fourth-order valence-electron chi connectivity index (χ4n) is 0.611. The number of hydrogen-bond donors (Lipinski definition) is 1. The molecule has 54 valence electrons. The minimum atomic E-state index is 0.729. The van der Waals surface area contributed by atoms with Crippen molar-refractivity contribution < 1.29 is 0 Å². The molecule has 0 aliphatic heterocycles. The minimum Gasteiger partial charge on any atom is -0.330 e. The fraction of sp³-hybridized carbons (Fsp3) is 0.286. The second-order valence-electron chi connectivity index (χ2n) is 1.82. The van der Waals surface area contributed by atoms with Gasteiger partial charge in [0.1, 0.15) is 0 Å². The van der Waals surface area contributed by atoms with Crippen LogP contribution in [0.2, 0.25) is 0 Å². The van der Waals surface area contributed by atoms with Gasteiger partial charge in [0.2, 0.25) is 0 Å². The van der Waals surface area contributed by atoms with E-state index in [0.29, 0.717) is 0 Å². The Morgan fingerprint density at radius 2 is 2.10 bits per heavy atom. The lowest BCUT2D eigenvalue weighted by Crippen LogP contribution is -2.00. The Morgan fingerprint density at radius 1 is 1.40 bits per heavy atom. The van der Waals surface area contributed by atoms with Gasteiger partial charge in [-0.2, -0.15) is 0 Å². The van der Waals surface area contributed by atoms with Gasteiger partial charge in [-0.25, -0.2) is 0 Å². The molecule has 10 heavy (non-hydrogen) atoms. The van der Waals surface area contributed by atoms with Crippen molar-refractivity contribution in [3.63, 3.8) is 0 Å². The van der Waals surface area contributed by atoms with Gasteiger partial charge in [-0.1, -0.05) is 0 Å². The zero-order valence-electron chi connectivity index (χ0n) is 5.66. The lowest BCUT2D eigenvalue weighted by molar-refractivity contribution is 1.15. The van der Waals surface area contributed by atoms with Gasteiger partial charge in [0.15, 0.2) is 0 Å². The molecule has 0 amide bonds. The van der Waals surface area contributed by atoms with Crippen molar-refractivity contribution in [3.05, 3.63) is 24.5 Å². The van der Waals surface area contributed by atoms with E-state index in [0.717, 1.165) is 12.3 Å². The first-order valence-electron chi connectivity index (χ1n) is 3.16. The molecule has 3 heteroatoms. The van der Waals surface area contributed by atoms with Crippen LogP contribution in [-0.4, -0.2) is 17.3 Å². The lowest BCUT2D eigenvalue weighted by Gasteiger charge is -1.95. The molecule has 0 aliphatic carbocycles. The third-order valence-electron chi connectivity index (χ3n) is 1.04. The summed E-state index contributed by atoms with van der Waals surface area (Å²) < 4.78 is 0. The van der Waals surface area contributed by atoms with Crippen LogP contribution in [0.5, 0.6) is 0 Å². The second-order valence-corrected chi connectivity index (χ2v) is 2.99. The molecule has 0 saturated heterocycles. The number of nitrogens with zero attached hydrogens (tertiary/aromatic N) is 1. The average molecular weight is 154 g/mol. The van der Waals surface area contributed by atoms with Crippen molar-refractivity contribution in [2.75, 3.05) is 12.3 Å². The smallest absolute Gasteiger partial charge is 0.0278 e. The molecular weight excluding hydrogens is 144 g/mol. The number of thioether (sulfide) groups is 1. The van der Waals surface area contributed by atoms with Crippen LogP contribution in [0.15, 0.2) is 29.4 Å². The van der Waals surface area contributed by atoms with Crippen molar-refractivity contribution in [2.24, 2.45) is 5.73 Å². The molecule has 1 rings (SSSR count). The molecule has 1 aromatic heterocycles. The highest BCUT2D eigenvalue weighted by Gasteiger charge is 1.88. The first-order valence-corrected chi connectivity index (χ1v) is 4.15. The Bertz CT molecular complexity index is 176. The van der Waals surface area contributed by atoms with Crippen LogP contribution in [0.1, 0.15) is 0 Å². The summed E-state index contributed by atoms with van der Waals surface area (Å²) in [6.45, 7) is 0.729. The maximum atomic E-state index is 5.34. The van der Waals surface area contributed by atoms with Crippen molar-refractivity contribution in [1.82, 2.24) is 4.98 Å². The first-order chi connectivity index (χ1) is 4.93. The summed E-state index contributed by atoms with van der Waals surface area (Å²) in [6.07, 6.45) is 3.58. The zero-order valence-corrected chi connectivity index (χ0v) is 6.47. The average Bonchev–Trinajstić information content (AvgIpc) is 2.03. The molecule has 0 bridgehead atoms. The Hall–Kier alpha value is -0.540. The van der Waals surface area contributed by atoms with Crippen LogP contribution in [0.4, 0.5) is 0 Å². The number of hydrogen-bond acceptors (Lipinski definition) is 3. The third kappa shape index (κ3) is 2.37. The van der Waals surface area contributed by atoms with Gasteiger partial charge < -0.3 is 5.73 Å². The molecule has 0 spiro atoms. The summed E-state index contributed by atoms with van der Waals surface area (Å²) in [6, 6.07) is 3.97. The van der Waals surface area contributed by atoms with Crippen molar-refractivity contribution in [1.29, 1.82) is 0 Å². The third-order valence-corrected chi connectivity index (χ3v) is 2.08. The molecule has 0 aromatic carbocycles. The zero-order chi connectivity index (χ0) is 7.23. The largest absolute Gasteiger partial charge is 0.330 e. The van der Waals surface area contributed by atoms with E-state index in [1.807, 2.05) is 12.1 Å². The number of nitrogens with two attached hydrogens (primary N) is 1. The van der Waals surface area contributed by atoms with E-state index in [1.54, 1.807) is 24.2 Å². The van der Waals surface area contributed by atoms with Crippen LogP contribution in [-0.2, 0) is 0 Å². The van der Waals surface area contributed by atoms with Gasteiger partial charge in [-0.15, -0.1) is 11.8 Å². The Balaban J connectivity index is 2.43. The highest BCUT2D eigenvalue weighted by atomic mass is 32.2. The normalized spacial score (nSPS) is 9.70. The predicted molar refractivity (Wildman–Crippen MR) is 44.0 cm³/mol. The van der Waals surface area contributed by atoms with Crippen LogP contribution in [0, 0.1) is 0 Å². The molecule has 1 heterocycles. The quantitative estimate of drug-likeness (QED) is 0.663. The number of pyridine rings is 1. The van der Waals surface area contributed by atoms with Gasteiger partial charge in [0.05, 0.1) is 0 Å². The summed E-state index contributed by atoms with van der Waals surface area (Å²) in [5.41, 5.74) is 5.34. The van der Waals surface area contributed by atoms with Crippen LogP contribution >= 0.6 is 11.8 Å². The summed E-state index contributed by atoms with van der Waals surface area (Å²) >= 11 is 1.76. The van der Waals surface area contributed by atoms with Crippen molar-refractivity contribution in [3.8, 4) is 0 Å². The molecule has 2 nitrogen and oxygen atoms in total. The predicted octanol–water partition coefficient (Wildman–Crippen LogP) is 1.13. The van der Waals surface area contributed by atoms with Crippen LogP contribution in [0.25, 0.3) is 0 Å². The summed E-state index contributed by atoms with van der Waals surface area (Å²) in [5.74, 6) is 0.976. The van der Waals surface area contributed by atoms with Crippen LogP contribution in [0.3, 0.4) is 0 Å². The molecule has 0 atom stereocenters. The molecular formula is C7H10N2S. The molecule has 0 radical (unpaired) electrons. The van der Waals surface area contributed by atoms with Gasteiger partial charge in [0, 0.05) is 29.6 Å². The maximum Gasteiger partial charge on any atom is 0.0278 e. The topological polar surface area (TPSA) is 38.9 Å². The molecule has 0 aliphatic rings. The SMILES string of the molecule is NCCSc1ccncc1. The number of aromatic nitrogens is 1. The highest BCUT2D eigenvalue weighted by molar-refractivity contribution is 7.99. The summed E-state index contributed by atoms with van der Waals surface area (Å²) in [7, 11) is 0. The van der Waals surface area contributed by atoms with Crippen molar-refractivity contribution in [2.45, 2.75) is 4.90 Å². The van der Waals surface area contributed by atoms with E-state index in [9.17, 15) is 0 Å². The van der Waals surface area contributed by atoms with Gasteiger partial charge in [-0.3, -0.25) is 4.98 Å². The Morgan fingerprint density at radius 3 is 2.70 bits per heavy atom. The lowest BCUT2D eigenvalue weighted by atomic mass is 10.5. The van der Waals surface area contributed by atoms with Gasteiger partial charge >= 0.3 is 0 Å². The van der Waals surface area contributed by atoms with E-state index in [-0.39, 0.29) is 0 Å². The van der Waals surface area contributed by atoms with E-state index in [4.69, 9.17) is 5.73 Å². The minimum absolute atomic E-state index is 0.729. The number of rotatable bonds is 3. The first kappa shape index (κ1) is 7.57. The summed E-state index contributed by atoms with van der Waals surface area (Å²) in [4.78, 5) is 5.15. The monoisotopic (exact) mass is 154 g/mol. The van der Waals surface area contributed by atoms with E-state index >= 15 is 0 Å². The second kappa shape index (κ2) is 4.30. The molecule has 2 N–H and O–H groups in total. The standard InChI is InChI=1S/C7H10N2S/c8-3-6-10-7-1-4-9-5-2-7/h1-2,4-5H,3,6,8H2. The van der Waals surface area contributed by atoms with Crippen LogP contribution < -0.4 is 5.73 Å². The van der Waals surface area contributed by atoms with Crippen molar-refractivity contribution >= 4 is 11.8 Å². The van der Waals surface area contributed by atoms with Gasteiger partial charge in [0.25, 0.3) is 0 Å². The Labute approximate surface area is 64.8 Å². The highest BCUT2D eigenvalue weighted by Crippen LogP contribution is 2.14. The molecule has 0 unspecified atom stereocenters. The Kier molecular flexibility index (Phi) is 3.26. The summed E-state index contributed by atoms with van der Waals surface area (Å²) in [5, 5.41) is 0. The van der Waals surface area contributed by atoms with Gasteiger partial charge in [-0.05, 0) is 12.1 Å². The van der Waals surface area contributed by atoms with E-state index < -0.39 is 0 Å². The van der Waals surface area contributed by atoms with E-state index in [2.05, 4.69) is 4.98 Å². The molecule has 0 saturated carbocycles. The maximum absolute atomic E-state index is 5.34. The molecule has 1 aromatic rings.